The molecule has 0 aromatic rings. The lowest BCUT2D eigenvalue weighted by atomic mass is 9.91. The SMILES string of the molecule is NC1CCCCCC1C(=O)N1CCCCC1C(=O)O. The normalized spacial score (nSPS) is 32.7. The third-order valence-electron chi connectivity index (χ3n) is 4.46. The van der Waals surface area contributed by atoms with Gasteiger partial charge in [0.1, 0.15) is 6.04 Å². The number of carboxylic acids is 1. The third kappa shape index (κ3) is 3.26. The largest absolute Gasteiger partial charge is 0.480 e. The molecule has 1 amide bonds. The number of carbonyl (C=O) groups excluding carboxylic acids is 1. The van der Waals surface area contributed by atoms with Gasteiger partial charge in [-0.05, 0) is 32.1 Å². The van der Waals surface area contributed by atoms with Crippen LogP contribution in [0.4, 0.5) is 0 Å². The van der Waals surface area contributed by atoms with Gasteiger partial charge < -0.3 is 15.7 Å². The summed E-state index contributed by atoms with van der Waals surface area (Å²) in [5, 5.41) is 9.25. The van der Waals surface area contributed by atoms with Crippen molar-refractivity contribution in [1.82, 2.24) is 4.90 Å². The first kappa shape index (κ1) is 14.3. The molecule has 108 valence electrons. The molecule has 0 radical (unpaired) electrons. The molecule has 0 aromatic carbocycles. The van der Waals surface area contributed by atoms with E-state index in [1.807, 2.05) is 0 Å². The Labute approximate surface area is 114 Å². The number of nitrogens with zero attached hydrogens (tertiary/aromatic N) is 1. The van der Waals surface area contributed by atoms with Gasteiger partial charge in [-0.3, -0.25) is 4.79 Å². The van der Waals surface area contributed by atoms with E-state index in [9.17, 15) is 14.7 Å². The Morgan fingerprint density at radius 2 is 1.68 bits per heavy atom. The van der Waals surface area contributed by atoms with Crippen molar-refractivity contribution in [3.8, 4) is 0 Å². The summed E-state index contributed by atoms with van der Waals surface area (Å²) in [6.45, 7) is 0.568. The minimum absolute atomic E-state index is 0.0264. The van der Waals surface area contributed by atoms with Crippen molar-refractivity contribution in [1.29, 1.82) is 0 Å². The Balaban J connectivity index is 2.09. The summed E-state index contributed by atoms with van der Waals surface area (Å²) in [6, 6.07) is -0.747. The van der Waals surface area contributed by atoms with Crippen molar-refractivity contribution in [2.75, 3.05) is 6.54 Å². The summed E-state index contributed by atoms with van der Waals surface area (Å²) in [5.74, 6) is -1.08. The van der Waals surface area contributed by atoms with Crippen molar-refractivity contribution in [3.63, 3.8) is 0 Å². The Hall–Kier alpha value is -1.10. The number of rotatable bonds is 2. The Kier molecular flexibility index (Phi) is 4.80. The molecule has 0 spiro atoms. The van der Waals surface area contributed by atoms with Gasteiger partial charge in [0.2, 0.25) is 5.91 Å². The fourth-order valence-electron chi connectivity index (χ4n) is 3.31. The van der Waals surface area contributed by atoms with E-state index in [2.05, 4.69) is 0 Å². The second-order valence-electron chi connectivity index (χ2n) is 5.79. The van der Waals surface area contributed by atoms with Crippen LogP contribution in [0.25, 0.3) is 0 Å². The fourth-order valence-corrected chi connectivity index (χ4v) is 3.31. The molecule has 1 heterocycles. The van der Waals surface area contributed by atoms with Crippen LogP contribution in [-0.4, -0.2) is 40.5 Å². The van der Waals surface area contributed by atoms with Crippen molar-refractivity contribution in [2.45, 2.75) is 63.5 Å². The number of carbonyl (C=O) groups is 2. The molecule has 3 N–H and O–H groups in total. The zero-order valence-electron chi connectivity index (χ0n) is 11.4. The highest BCUT2D eigenvalue weighted by molar-refractivity contribution is 5.85. The van der Waals surface area contributed by atoms with Crippen LogP contribution in [0.2, 0.25) is 0 Å². The molecule has 1 saturated carbocycles. The van der Waals surface area contributed by atoms with E-state index in [0.29, 0.717) is 13.0 Å². The summed E-state index contributed by atoms with van der Waals surface area (Å²) in [6.07, 6.45) is 7.27. The minimum Gasteiger partial charge on any atom is -0.480 e. The fraction of sp³-hybridized carbons (Fsp3) is 0.857. The number of nitrogens with two attached hydrogens (primary N) is 1. The average molecular weight is 268 g/mol. The second-order valence-corrected chi connectivity index (χ2v) is 5.79. The molecule has 1 aliphatic carbocycles. The number of carboxylic acid groups (broad SMARTS) is 1. The summed E-state index contributed by atoms with van der Waals surface area (Å²) in [4.78, 5) is 25.5. The molecule has 5 nitrogen and oxygen atoms in total. The van der Waals surface area contributed by atoms with E-state index >= 15 is 0 Å². The summed E-state index contributed by atoms with van der Waals surface area (Å²) in [5.41, 5.74) is 6.11. The first-order valence-electron chi connectivity index (χ1n) is 7.40. The maximum absolute atomic E-state index is 12.6. The molecule has 2 rings (SSSR count). The molecule has 1 aliphatic heterocycles. The number of hydrogen-bond acceptors (Lipinski definition) is 3. The van der Waals surface area contributed by atoms with Crippen LogP contribution in [0, 0.1) is 5.92 Å². The highest BCUT2D eigenvalue weighted by atomic mass is 16.4. The van der Waals surface area contributed by atoms with Gasteiger partial charge in [0.05, 0.1) is 5.92 Å². The van der Waals surface area contributed by atoms with E-state index < -0.39 is 12.0 Å². The standard InChI is InChI=1S/C14H24N2O3/c15-11-7-3-1-2-6-10(11)13(17)16-9-5-4-8-12(16)14(18)19/h10-12H,1-9,15H2,(H,18,19). The van der Waals surface area contributed by atoms with Gasteiger partial charge in [-0.1, -0.05) is 19.3 Å². The van der Waals surface area contributed by atoms with Crippen LogP contribution in [0.3, 0.4) is 0 Å². The smallest absolute Gasteiger partial charge is 0.326 e. The van der Waals surface area contributed by atoms with Crippen LogP contribution in [0.15, 0.2) is 0 Å². The molecule has 0 bridgehead atoms. The number of aliphatic carboxylic acids is 1. The maximum Gasteiger partial charge on any atom is 0.326 e. The van der Waals surface area contributed by atoms with Crippen LogP contribution in [-0.2, 0) is 9.59 Å². The first-order chi connectivity index (χ1) is 9.11. The molecule has 5 heteroatoms. The van der Waals surface area contributed by atoms with E-state index in [1.54, 1.807) is 4.90 Å². The minimum atomic E-state index is -0.879. The molecule has 0 aromatic heterocycles. The van der Waals surface area contributed by atoms with E-state index in [4.69, 9.17) is 5.73 Å². The molecule has 3 unspecified atom stereocenters. The van der Waals surface area contributed by atoms with Gasteiger partial charge in [0.15, 0.2) is 0 Å². The highest BCUT2D eigenvalue weighted by Crippen LogP contribution is 2.27. The van der Waals surface area contributed by atoms with Gasteiger partial charge in [-0.2, -0.15) is 0 Å². The maximum atomic E-state index is 12.6. The molecular formula is C14H24N2O3. The zero-order valence-corrected chi connectivity index (χ0v) is 11.4. The molecule has 1 saturated heterocycles. The van der Waals surface area contributed by atoms with Gasteiger partial charge >= 0.3 is 5.97 Å². The van der Waals surface area contributed by atoms with E-state index in [-0.39, 0.29) is 17.9 Å². The summed E-state index contributed by atoms with van der Waals surface area (Å²) >= 11 is 0. The van der Waals surface area contributed by atoms with Crippen LogP contribution in [0.5, 0.6) is 0 Å². The van der Waals surface area contributed by atoms with E-state index in [1.165, 1.54) is 0 Å². The van der Waals surface area contributed by atoms with Crippen molar-refractivity contribution in [3.05, 3.63) is 0 Å². The lowest BCUT2D eigenvalue weighted by Crippen LogP contribution is -2.52. The average Bonchev–Trinajstić information content (AvgIpc) is 2.62. The number of hydrogen-bond donors (Lipinski definition) is 2. The Morgan fingerprint density at radius 1 is 1.00 bits per heavy atom. The topological polar surface area (TPSA) is 83.6 Å². The Morgan fingerprint density at radius 3 is 2.42 bits per heavy atom. The summed E-state index contributed by atoms with van der Waals surface area (Å²) in [7, 11) is 0. The predicted octanol–water partition coefficient (Wildman–Crippen LogP) is 1.36. The molecule has 3 atom stereocenters. The molecule has 2 fully saturated rings. The van der Waals surface area contributed by atoms with Crippen molar-refractivity contribution < 1.29 is 14.7 Å². The molecule has 2 aliphatic rings. The number of likely N-dealkylation sites (tertiary alicyclic amines) is 1. The lowest BCUT2D eigenvalue weighted by Gasteiger charge is -2.36. The highest BCUT2D eigenvalue weighted by Gasteiger charge is 2.37. The van der Waals surface area contributed by atoms with Gasteiger partial charge in [0.25, 0.3) is 0 Å². The predicted molar refractivity (Wildman–Crippen MR) is 71.5 cm³/mol. The van der Waals surface area contributed by atoms with Crippen LogP contribution in [0.1, 0.15) is 51.4 Å². The van der Waals surface area contributed by atoms with E-state index in [0.717, 1.165) is 44.9 Å². The van der Waals surface area contributed by atoms with Crippen molar-refractivity contribution in [2.24, 2.45) is 11.7 Å². The van der Waals surface area contributed by atoms with Gasteiger partial charge in [0, 0.05) is 12.6 Å². The number of piperidine rings is 1. The number of amides is 1. The molecular weight excluding hydrogens is 244 g/mol. The van der Waals surface area contributed by atoms with Gasteiger partial charge in [-0.25, -0.2) is 4.79 Å². The first-order valence-corrected chi connectivity index (χ1v) is 7.40. The van der Waals surface area contributed by atoms with Crippen LogP contribution < -0.4 is 5.73 Å². The Bertz CT molecular complexity index is 346. The van der Waals surface area contributed by atoms with Crippen LogP contribution >= 0.6 is 0 Å². The lowest BCUT2D eigenvalue weighted by molar-refractivity contribution is -0.154. The summed E-state index contributed by atoms with van der Waals surface area (Å²) < 4.78 is 0. The zero-order chi connectivity index (χ0) is 13.8. The quantitative estimate of drug-likeness (QED) is 0.741. The monoisotopic (exact) mass is 268 g/mol. The third-order valence-corrected chi connectivity index (χ3v) is 4.46. The van der Waals surface area contributed by atoms with Crippen molar-refractivity contribution >= 4 is 11.9 Å². The van der Waals surface area contributed by atoms with Gasteiger partial charge in [-0.15, -0.1) is 0 Å². The second kappa shape index (κ2) is 6.37. The molecule has 19 heavy (non-hydrogen) atoms.